The molecule has 1 saturated heterocycles. The first-order valence-electron chi connectivity index (χ1n) is 10.7. The van der Waals surface area contributed by atoms with E-state index in [1.807, 2.05) is 53.4 Å². The van der Waals surface area contributed by atoms with Gasteiger partial charge in [-0.2, -0.15) is 13.2 Å². The van der Waals surface area contributed by atoms with E-state index in [1.54, 1.807) is 24.3 Å². The highest BCUT2D eigenvalue weighted by Crippen LogP contribution is 2.30. The van der Waals surface area contributed by atoms with Crippen LogP contribution in [0.15, 0.2) is 72.8 Å². The van der Waals surface area contributed by atoms with Crippen LogP contribution in [0.4, 0.5) is 30.2 Å². The summed E-state index contributed by atoms with van der Waals surface area (Å²) in [5, 5.41) is 5.50. The summed E-state index contributed by atoms with van der Waals surface area (Å²) in [5.41, 5.74) is 10.3. The molecule has 8 heteroatoms. The molecule has 0 aliphatic carbocycles. The summed E-state index contributed by atoms with van der Waals surface area (Å²) in [5.74, 6) is -0.268. The lowest BCUT2D eigenvalue weighted by Gasteiger charge is -2.20. The highest BCUT2D eigenvalue weighted by atomic mass is 19.4. The molecular formula is C25H25F3N4O. The molecule has 3 aromatic carbocycles. The second-order valence-corrected chi connectivity index (χ2v) is 8.10. The quantitative estimate of drug-likeness (QED) is 0.463. The summed E-state index contributed by atoms with van der Waals surface area (Å²) < 4.78 is 37.3. The summed E-state index contributed by atoms with van der Waals surface area (Å²) in [6, 6.07) is 22.0. The standard InChI is InChI=1S/C25H25F3N4O/c26-25(27,28)16-30-20-12-13-32(15-20)21-9-6-18(7-10-21)24(33)31-23-14-19(29)8-11-22(23)17-4-2-1-3-5-17/h1-11,14,20,30H,12-13,15-16,29H2,(H,31,33). The maximum atomic E-state index is 12.9. The van der Waals surface area contributed by atoms with Crippen LogP contribution in [-0.4, -0.2) is 37.8 Å². The zero-order chi connectivity index (χ0) is 23.4. The number of carbonyl (C=O) groups is 1. The Morgan fingerprint density at radius 2 is 1.76 bits per heavy atom. The van der Waals surface area contributed by atoms with Crippen LogP contribution in [-0.2, 0) is 0 Å². The Morgan fingerprint density at radius 1 is 1.03 bits per heavy atom. The van der Waals surface area contributed by atoms with Crippen molar-refractivity contribution < 1.29 is 18.0 Å². The average molecular weight is 454 g/mol. The summed E-state index contributed by atoms with van der Waals surface area (Å²) in [4.78, 5) is 14.9. The van der Waals surface area contributed by atoms with Crippen molar-refractivity contribution in [3.63, 3.8) is 0 Å². The van der Waals surface area contributed by atoms with Crippen molar-refractivity contribution in [2.75, 3.05) is 35.6 Å². The molecule has 33 heavy (non-hydrogen) atoms. The zero-order valence-electron chi connectivity index (χ0n) is 17.9. The SMILES string of the molecule is Nc1ccc(-c2ccccc2)c(NC(=O)c2ccc(N3CCC(NCC(F)(F)F)C3)cc2)c1. The van der Waals surface area contributed by atoms with Gasteiger partial charge >= 0.3 is 6.18 Å². The predicted molar refractivity (Wildman–Crippen MR) is 125 cm³/mol. The van der Waals surface area contributed by atoms with Crippen LogP contribution in [0.25, 0.3) is 11.1 Å². The number of amides is 1. The van der Waals surface area contributed by atoms with E-state index < -0.39 is 12.7 Å². The van der Waals surface area contributed by atoms with Gasteiger partial charge in [0.2, 0.25) is 0 Å². The number of nitrogen functional groups attached to an aromatic ring is 1. The Hall–Kier alpha value is -3.52. The monoisotopic (exact) mass is 454 g/mol. The number of rotatable bonds is 6. The second-order valence-electron chi connectivity index (χ2n) is 8.10. The average Bonchev–Trinajstić information content (AvgIpc) is 3.27. The molecule has 0 spiro atoms. The Labute approximate surface area is 190 Å². The molecule has 0 radical (unpaired) electrons. The van der Waals surface area contributed by atoms with Gasteiger partial charge in [0, 0.05) is 41.6 Å². The van der Waals surface area contributed by atoms with Gasteiger partial charge < -0.3 is 21.3 Å². The molecular weight excluding hydrogens is 429 g/mol. The lowest BCUT2D eigenvalue weighted by Crippen LogP contribution is -2.38. The molecule has 1 heterocycles. The normalized spacial score (nSPS) is 16.1. The summed E-state index contributed by atoms with van der Waals surface area (Å²) in [6.07, 6.45) is -3.58. The number of nitrogens with zero attached hydrogens (tertiary/aromatic N) is 1. The van der Waals surface area contributed by atoms with E-state index in [1.165, 1.54) is 0 Å². The number of carbonyl (C=O) groups excluding carboxylic acids is 1. The number of anilines is 3. The maximum Gasteiger partial charge on any atom is 0.401 e. The van der Waals surface area contributed by atoms with Crippen molar-refractivity contribution in [1.29, 1.82) is 0 Å². The zero-order valence-corrected chi connectivity index (χ0v) is 17.9. The number of benzene rings is 3. The Balaban J connectivity index is 1.42. The molecule has 0 aromatic heterocycles. The van der Waals surface area contributed by atoms with Crippen LogP contribution < -0.4 is 21.3 Å². The van der Waals surface area contributed by atoms with E-state index in [0.717, 1.165) is 16.8 Å². The first-order valence-corrected chi connectivity index (χ1v) is 10.7. The number of hydrogen-bond donors (Lipinski definition) is 3. The van der Waals surface area contributed by atoms with Crippen molar-refractivity contribution in [2.24, 2.45) is 0 Å². The molecule has 1 aliphatic rings. The van der Waals surface area contributed by atoms with Crippen LogP contribution >= 0.6 is 0 Å². The minimum Gasteiger partial charge on any atom is -0.399 e. The van der Waals surface area contributed by atoms with E-state index >= 15 is 0 Å². The van der Waals surface area contributed by atoms with E-state index in [-0.39, 0.29) is 11.9 Å². The number of alkyl halides is 3. The van der Waals surface area contributed by atoms with Gasteiger partial charge in [0.25, 0.3) is 5.91 Å². The summed E-state index contributed by atoms with van der Waals surface area (Å²) >= 11 is 0. The van der Waals surface area contributed by atoms with Crippen molar-refractivity contribution in [1.82, 2.24) is 5.32 Å². The molecule has 5 nitrogen and oxygen atoms in total. The third-order valence-corrected chi connectivity index (χ3v) is 5.65. The van der Waals surface area contributed by atoms with Crippen molar-refractivity contribution in [3.05, 3.63) is 78.4 Å². The largest absolute Gasteiger partial charge is 0.401 e. The molecule has 172 valence electrons. The Kier molecular flexibility index (Phi) is 6.55. The Morgan fingerprint density at radius 3 is 2.45 bits per heavy atom. The maximum absolute atomic E-state index is 12.9. The highest BCUT2D eigenvalue weighted by molar-refractivity contribution is 6.06. The first-order chi connectivity index (χ1) is 15.8. The van der Waals surface area contributed by atoms with Crippen molar-refractivity contribution in [3.8, 4) is 11.1 Å². The third-order valence-electron chi connectivity index (χ3n) is 5.65. The van der Waals surface area contributed by atoms with Gasteiger partial charge in [-0.3, -0.25) is 4.79 Å². The van der Waals surface area contributed by atoms with Crippen LogP contribution in [0.2, 0.25) is 0 Å². The van der Waals surface area contributed by atoms with E-state index in [2.05, 4.69) is 10.6 Å². The highest BCUT2D eigenvalue weighted by Gasteiger charge is 2.30. The van der Waals surface area contributed by atoms with Gasteiger partial charge in [-0.15, -0.1) is 0 Å². The predicted octanol–water partition coefficient (Wildman–Crippen LogP) is 4.92. The molecule has 4 N–H and O–H groups in total. The van der Waals surface area contributed by atoms with Gasteiger partial charge in [-0.1, -0.05) is 36.4 Å². The minimum absolute atomic E-state index is 0.213. The first kappa shape index (κ1) is 22.7. The van der Waals surface area contributed by atoms with Crippen LogP contribution in [0.1, 0.15) is 16.8 Å². The molecule has 1 unspecified atom stereocenters. The molecule has 3 aromatic rings. The van der Waals surface area contributed by atoms with Gasteiger partial charge in [-0.05, 0) is 48.4 Å². The number of nitrogens with two attached hydrogens (primary N) is 1. The molecule has 1 amide bonds. The minimum atomic E-state index is -4.22. The number of halogens is 3. The second kappa shape index (κ2) is 9.54. The van der Waals surface area contributed by atoms with Gasteiger partial charge in [0.1, 0.15) is 0 Å². The van der Waals surface area contributed by atoms with Crippen LogP contribution in [0.3, 0.4) is 0 Å². The van der Waals surface area contributed by atoms with Crippen molar-refractivity contribution in [2.45, 2.75) is 18.6 Å². The Bertz CT molecular complexity index is 1100. The molecule has 1 atom stereocenters. The lowest BCUT2D eigenvalue weighted by atomic mass is 10.0. The fraction of sp³-hybridized carbons (Fsp3) is 0.240. The third kappa shape index (κ3) is 5.84. The lowest BCUT2D eigenvalue weighted by molar-refractivity contribution is -0.125. The molecule has 0 bridgehead atoms. The number of nitrogens with one attached hydrogen (secondary N) is 2. The fourth-order valence-electron chi connectivity index (χ4n) is 3.97. The van der Waals surface area contributed by atoms with Crippen molar-refractivity contribution >= 4 is 23.0 Å². The van der Waals surface area contributed by atoms with Gasteiger partial charge in [0.05, 0.1) is 12.2 Å². The summed E-state index contributed by atoms with van der Waals surface area (Å²) in [6.45, 7) is 0.162. The summed E-state index contributed by atoms with van der Waals surface area (Å²) in [7, 11) is 0. The molecule has 1 fully saturated rings. The topological polar surface area (TPSA) is 70.4 Å². The molecule has 1 aliphatic heterocycles. The van der Waals surface area contributed by atoms with Gasteiger partial charge in [-0.25, -0.2) is 0 Å². The van der Waals surface area contributed by atoms with Crippen LogP contribution in [0, 0.1) is 0 Å². The van der Waals surface area contributed by atoms with E-state index in [4.69, 9.17) is 5.73 Å². The van der Waals surface area contributed by atoms with E-state index in [9.17, 15) is 18.0 Å². The van der Waals surface area contributed by atoms with Crippen LogP contribution in [0.5, 0.6) is 0 Å². The smallest absolute Gasteiger partial charge is 0.399 e. The molecule has 4 rings (SSSR count). The molecule has 0 saturated carbocycles. The number of hydrogen-bond acceptors (Lipinski definition) is 4. The van der Waals surface area contributed by atoms with E-state index in [0.29, 0.717) is 36.4 Å². The van der Waals surface area contributed by atoms with Gasteiger partial charge in [0.15, 0.2) is 0 Å². The fourth-order valence-corrected chi connectivity index (χ4v) is 3.97.